The zero-order valence-corrected chi connectivity index (χ0v) is 23.6. The molecule has 3 aromatic carbocycles. The number of likely N-dealkylation sites (N-methyl/N-ethyl adjacent to an activating group) is 1. The first kappa shape index (κ1) is 30.0. The van der Waals surface area contributed by atoms with Gasteiger partial charge in [0.1, 0.15) is 28.4 Å². The maximum absolute atomic E-state index is 13.3. The van der Waals surface area contributed by atoms with Gasteiger partial charge in [0.15, 0.2) is 0 Å². The lowest BCUT2D eigenvalue weighted by atomic mass is 10.1. The van der Waals surface area contributed by atoms with Crippen LogP contribution in [0, 0.1) is 6.92 Å². The Morgan fingerprint density at radius 2 is 1.85 bits per heavy atom. The average Bonchev–Trinajstić information content (AvgIpc) is 2.92. The van der Waals surface area contributed by atoms with Gasteiger partial charge in [-0.1, -0.05) is 23.7 Å². The molecule has 1 heterocycles. The van der Waals surface area contributed by atoms with Crippen molar-refractivity contribution in [3.63, 3.8) is 0 Å². The summed E-state index contributed by atoms with van der Waals surface area (Å²) in [6.45, 7) is 1.74. The first-order valence-electron chi connectivity index (χ1n) is 12.0. The third-order valence-electron chi connectivity index (χ3n) is 5.94. The lowest BCUT2D eigenvalue weighted by molar-refractivity contribution is -0.274. The van der Waals surface area contributed by atoms with E-state index >= 15 is 0 Å². The van der Waals surface area contributed by atoms with Crippen LogP contribution in [0.5, 0.6) is 5.75 Å². The molecule has 0 radical (unpaired) electrons. The van der Waals surface area contributed by atoms with Gasteiger partial charge in [-0.25, -0.2) is 23.3 Å². The van der Waals surface area contributed by atoms with Crippen molar-refractivity contribution in [3.05, 3.63) is 82.6 Å². The fraction of sp³-hybridized carbons (Fsp3) is 0.222. The van der Waals surface area contributed by atoms with Crippen molar-refractivity contribution < 1.29 is 31.6 Å². The molecule has 0 aliphatic rings. The van der Waals surface area contributed by atoms with Gasteiger partial charge in [0.2, 0.25) is 0 Å². The standard InChI is InChI=1S/C27H25ClF3N5O4S/c1-15-33-24-19(5-4-6-20(24)26(37)39-3)25(34-15)35-22(14-36(2)41(38)18-10-8-17(32)9-11-18)16-7-12-23(21(28)13-16)40-27(29,30)31/h4-13,22H,14,32H2,1-3H3,(H,33,34,35)/t22-,41?/m1/s1. The van der Waals surface area contributed by atoms with Crippen molar-refractivity contribution in [2.45, 2.75) is 24.2 Å². The van der Waals surface area contributed by atoms with Crippen LogP contribution in [0.1, 0.15) is 27.8 Å². The Kier molecular flexibility index (Phi) is 9.00. The van der Waals surface area contributed by atoms with Gasteiger partial charge in [-0.3, -0.25) is 0 Å². The van der Waals surface area contributed by atoms with Crippen molar-refractivity contribution in [2.75, 3.05) is 31.8 Å². The van der Waals surface area contributed by atoms with Crippen LogP contribution in [-0.4, -0.2) is 51.5 Å². The van der Waals surface area contributed by atoms with Gasteiger partial charge < -0.3 is 20.5 Å². The molecule has 0 spiro atoms. The number of anilines is 2. The molecule has 0 saturated heterocycles. The number of aryl methyl sites for hydroxylation is 1. The molecule has 0 saturated carbocycles. The van der Waals surface area contributed by atoms with E-state index in [9.17, 15) is 22.2 Å². The number of nitrogen functional groups attached to an aromatic ring is 1. The van der Waals surface area contributed by atoms with Crippen LogP contribution in [0.25, 0.3) is 10.9 Å². The molecule has 0 fully saturated rings. The number of nitrogens with two attached hydrogens (primary N) is 1. The number of ether oxygens (including phenoxy) is 2. The fourth-order valence-electron chi connectivity index (χ4n) is 4.08. The second kappa shape index (κ2) is 12.3. The fourth-order valence-corrected chi connectivity index (χ4v) is 5.32. The van der Waals surface area contributed by atoms with Crippen molar-refractivity contribution >= 4 is 51.0 Å². The Labute approximate surface area is 241 Å². The van der Waals surface area contributed by atoms with Gasteiger partial charge in [0.05, 0.1) is 34.1 Å². The number of para-hydroxylation sites is 1. The van der Waals surface area contributed by atoms with Gasteiger partial charge in [-0.05, 0) is 61.0 Å². The monoisotopic (exact) mass is 607 g/mol. The van der Waals surface area contributed by atoms with Gasteiger partial charge >= 0.3 is 12.3 Å². The van der Waals surface area contributed by atoms with E-state index in [1.807, 2.05) is 0 Å². The quantitative estimate of drug-likeness (QED) is 0.185. The van der Waals surface area contributed by atoms with Crippen LogP contribution in [0.4, 0.5) is 24.7 Å². The summed E-state index contributed by atoms with van der Waals surface area (Å²) in [5.41, 5.74) is 7.30. The number of nitrogens with zero attached hydrogens (tertiary/aromatic N) is 3. The molecule has 4 aromatic rings. The number of hydrogen-bond acceptors (Lipinski definition) is 8. The maximum Gasteiger partial charge on any atom is 0.573 e. The van der Waals surface area contributed by atoms with Gasteiger partial charge in [-0.2, -0.15) is 0 Å². The maximum atomic E-state index is 13.3. The highest BCUT2D eigenvalue weighted by Crippen LogP contribution is 2.34. The highest BCUT2D eigenvalue weighted by Gasteiger charge is 2.32. The van der Waals surface area contributed by atoms with E-state index in [-0.39, 0.29) is 17.1 Å². The number of benzene rings is 3. The minimum atomic E-state index is -4.92. The Morgan fingerprint density at radius 3 is 2.49 bits per heavy atom. The third kappa shape index (κ3) is 7.23. The van der Waals surface area contributed by atoms with Crippen LogP contribution in [0.3, 0.4) is 0 Å². The smallest absolute Gasteiger partial charge is 0.465 e. The molecule has 0 amide bonds. The molecule has 0 aliphatic heterocycles. The van der Waals surface area contributed by atoms with Gasteiger partial charge in [0, 0.05) is 24.7 Å². The van der Waals surface area contributed by atoms with Crippen LogP contribution >= 0.6 is 11.6 Å². The van der Waals surface area contributed by atoms with E-state index in [0.29, 0.717) is 38.7 Å². The molecule has 1 unspecified atom stereocenters. The summed E-state index contributed by atoms with van der Waals surface area (Å²) in [6, 6.07) is 14.6. The molecule has 4 rings (SSSR count). The lowest BCUT2D eigenvalue weighted by Crippen LogP contribution is -2.30. The normalized spacial score (nSPS) is 13.2. The predicted octanol–water partition coefficient (Wildman–Crippen LogP) is 5.67. The molecule has 14 heteroatoms. The Bertz CT molecular complexity index is 1600. The van der Waals surface area contributed by atoms with Crippen LogP contribution in [0.15, 0.2) is 65.6 Å². The van der Waals surface area contributed by atoms with Crippen molar-refractivity contribution in [3.8, 4) is 5.75 Å². The predicted molar refractivity (Wildman–Crippen MR) is 150 cm³/mol. The number of alkyl halides is 3. The average molecular weight is 608 g/mol. The Morgan fingerprint density at radius 1 is 1.15 bits per heavy atom. The highest BCUT2D eigenvalue weighted by molar-refractivity contribution is 7.82. The summed E-state index contributed by atoms with van der Waals surface area (Å²) in [7, 11) is 1.27. The highest BCUT2D eigenvalue weighted by atomic mass is 35.5. The SMILES string of the molecule is COC(=O)c1cccc2c(N[C@H](CN(C)S(=O)c3ccc(N)cc3)c3ccc(OC(F)(F)F)c(Cl)c3)nc(C)nc12. The van der Waals surface area contributed by atoms with Crippen molar-refractivity contribution in [2.24, 2.45) is 0 Å². The number of methoxy groups -OCH3 is 1. The summed E-state index contributed by atoms with van der Waals surface area (Å²) < 4.78 is 62.2. The first-order chi connectivity index (χ1) is 19.4. The number of esters is 1. The Hall–Kier alpha value is -3.94. The second-order valence-electron chi connectivity index (χ2n) is 8.88. The van der Waals surface area contributed by atoms with Gasteiger partial charge in [0.25, 0.3) is 0 Å². The Balaban J connectivity index is 1.76. The van der Waals surface area contributed by atoms with E-state index in [2.05, 4.69) is 20.0 Å². The second-order valence-corrected chi connectivity index (χ2v) is 10.9. The number of hydrogen-bond donors (Lipinski definition) is 2. The van der Waals surface area contributed by atoms with Crippen LogP contribution < -0.4 is 15.8 Å². The minimum Gasteiger partial charge on any atom is -0.465 e. The molecule has 0 bridgehead atoms. The molecule has 216 valence electrons. The van der Waals surface area contributed by atoms with Gasteiger partial charge in [-0.15, -0.1) is 13.2 Å². The molecule has 41 heavy (non-hydrogen) atoms. The first-order valence-corrected chi connectivity index (χ1v) is 13.5. The lowest BCUT2D eigenvalue weighted by Gasteiger charge is -2.26. The third-order valence-corrected chi connectivity index (χ3v) is 7.63. The molecule has 0 aliphatic carbocycles. The summed E-state index contributed by atoms with van der Waals surface area (Å²) in [5, 5.41) is 3.51. The number of aromatic nitrogens is 2. The zero-order chi connectivity index (χ0) is 29.9. The zero-order valence-electron chi connectivity index (χ0n) is 22.0. The van der Waals surface area contributed by atoms with Crippen molar-refractivity contribution in [1.82, 2.24) is 14.3 Å². The summed E-state index contributed by atoms with van der Waals surface area (Å²) >= 11 is 6.17. The molecular weight excluding hydrogens is 583 g/mol. The molecule has 2 atom stereocenters. The number of carbonyl (C=O) groups excluding carboxylic acids is 1. The van der Waals surface area contributed by atoms with E-state index in [1.54, 1.807) is 60.7 Å². The van der Waals surface area contributed by atoms with Crippen LogP contribution in [0.2, 0.25) is 5.02 Å². The van der Waals surface area contributed by atoms with E-state index in [1.165, 1.54) is 19.2 Å². The van der Waals surface area contributed by atoms with E-state index in [0.717, 1.165) is 6.07 Å². The van der Waals surface area contributed by atoms with E-state index < -0.39 is 35.1 Å². The number of rotatable bonds is 9. The summed E-state index contributed by atoms with van der Waals surface area (Å²) in [4.78, 5) is 21.8. The number of halogens is 4. The number of nitrogens with one attached hydrogen (secondary N) is 1. The summed E-state index contributed by atoms with van der Waals surface area (Å²) in [6.07, 6.45) is -4.92. The van der Waals surface area contributed by atoms with Crippen molar-refractivity contribution in [1.29, 1.82) is 0 Å². The number of carbonyl (C=O) groups is 1. The summed E-state index contributed by atoms with van der Waals surface area (Å²) in [5.74, 6) is -0.462. The molecule has 3 N–H and O–H groups in total. The largest absolute Gasteiger partial charge is 0.573 e. The van der Waals surface area contributed by atoms with Crippen LogP contribution in [-0.2, 0) is 15.7 Å². The molecule has 1 aromatic heterocycles. The van der Waals surface area contributed by atoms with E-state index in [4.69, 9.17) is 22.1 Å². The number of fused-ring (bicyclic) bond motifs is 1. The molecular formula is C27H25ClF3N5O4S. The molecule has 9 nitrogen and oxygen atoms in total. The topological polar surface area (TPSA) is 120 Å². The minimum absolute atomic E-state index is 0.0913.